The van der Waals surface area contributed by atoms with E-state index in [1.807, 2.05) is 0 Å². The summed E-state index contributed by atoms with van der Waals surface area (Å²) in [6, 6.07) is 8.87. The van der Waals surface area contributed by atoms with Crippen LogP contribution in [0.2, 0.25) is 5.02 Å². The van der Waals surface area contributed by atoms with E-state index in [2.05, 4.69) is 10.5 Å². The molecule has 1 N–H and O–H groups in total. The number of sulfonamides is 1. The molecule has 0 saturated carbocycles. The van der Waals surface area contributed by atoms with Gasteiger partial charge in [0.1, 0.15) is 6.54 Å². The summed E-state index contributed by atoms with van der Waals surface area (Å²) in [6.45, 7) is 1.11. The minimum absolute atomic E-state index is 0.0851. The molecule has 10 nitrogen and oxygen atoms in total. The van der Waals surface area contributed by atoms with Crippen LogP contribution in [0.3, 0.4) is 0 Å². The van der Waals surface area contributed by atoms with Crippen molar-refractivity contribution in [3.05, 3.63) is 62.7 Å². The van der Waals surface area contributed by atoms with E-state index in [0.29, 0.717) is 16.1 Å². The number of halogens is 1. The number of amides is 1. The SMILES string of the molecule is COc1ccc(/C=N\NC(=O)CN(c2cccc(Cl)c2C)S(C)(=O)=O)cc1[N+](=O)[O-]. The van der Waals surface area contributed by atoms with Gasteiger partial charge in [-0.1, -0.05) is 17.7 Å². The van der Waals surface area contributed by atoms with Crippen molar-refractivity contribution >= 4 is 45.1 Å². The summed E-state index contributed by atoms with van der Waals surface area (Å²) in [5.41, 5.74) is 3.07. The van der Waals surface area contributed by atoms with Crippen molar-refractivity contribution in [1.29, 1.82) is 0 Å². The minimum atomic E-state index is -3.78. The van der Waals surface area contributed by atoms with Gasteiger partial charge in [0.25, 0.3) is 5.91 Å². The van der Waals surface area contributed by atoms with Gasteiger partial charge < -0.3 is 4.74 Å². The largest absolute Gasteiger partial charge is 0.490 e. The van der Waals surface area contributed by atoms with Crippen molar-refractivity contribution in [3.63, 3.8) is 0 Å². The van der Waals surface area contributed by atoms with Crippen LogP contribution in [0.5, 0.6) is 5.75 Å². The third-order valence-electron chi connectivity index (χ3n) is 4.00. The maximum absolute atomic E-state index is 12.2. The molecule has 30 heavy (non-hydrogen) atoms. The number of rotatable bonds is 8. The molecule has 0 atom stereocenters. The summed E-state index contributed by atoms with van der Waals surface area (Å²) >= 11 is 6.05. The standard InChI is InChI=1S/C18H19ClN4O6S/c1-12-14(19)5-4-6-15(12)22(30(3,27)28)11-18(24)21-20-10-13-7-8-17(29-2)16(9-13)23(25)26/h4-10H,11H2,1-3H3,(H,21,24)/b20-10-. The fraction of sp³-hybridized carbons (Fsp3) is 0.222. The van der Waals surface area contributed by atoms with E-state index in [1.165, 1.54) is 37.6 Å². The maximum Gasteiger partial charge on any atom is 0.311 e. The molecule has 12 heteroatoms. The molecule has 0 aliphatic rings. The molecule has 0 fully saturated rings. The van der Waals surface area contributed by atoms with Crippen molar-refractivity contribution in [2.45, 2.75) is 6.92 Å². The highest BCUT2D eigenvalue weighted by atomic mass is 35.5. The Bertz CT molecular complexity index is 1100. The van der Waals surface area contributed by atoms with Crippen molar-refractivity contribution in [2.24, 2.45) is 5.10 Å². The summed E-state index contributed by atoms with van der Waals surface area (Å²) in [5, 5.41) is 15.1. The average Bonchev–Trinajstić information content (AvgIpc) is 2.67. The van der Waals surface area contributed by atoms with E-state index < -0.39 is 27.4 Å². The number of benzene rings is 2. The Kier molecular flexibility index (Phi) is 7.35. The number of nitro benzene ring substituents is 1. The highest BCUT2D eigenvalue weighted by Gasteiger charge is 2.23. The quantitative estimate of drug-likeness (QED) is 0.370. The second-order valence-corrected chi connectivity index (χ2v) is 8.45. The second-order valence-electron chi connectivity index (χ2n) is 6.14. The van der Waals surface area contributed by atoms with Gasteiger partial charge in [0.05, 0.1) is 30.2 Å². The molecule has 2 aromatic carbocycles. The topological polar surface area (TPSA) is 131 Å². The average molecular weight is 455 g/mol. The summed E-state index contributed by atoms with van der Waals surface area (Å²) in [5.74, 6) is -0.624. The van der Waals surface area contributed by atoms with E-state index in [1.54, 1.807) is 19.1 Å². The van der Waals surface area contributed by atoms with Gasteiger partial charge in [-0.25, -0.2) is 13.8 Å². The van der Waals surface area contributed by atoms with Crippen LogP contribution >= 0.6 is 11.6 Å². The molecule has 0 aromatic heterocycles. The Hall–Kier alpha value is -3.18. The third-order valence-corrected chi connectivity index (χ3v) is 5.53. The van der Waals surface area contributed by atoms with Gasteiger partial charge in [0.2, 0.25) is 10.0 Å². The second kappa shape index (κ2) is 9.55. The molecule has 0 bridgehead atoms. The number of nitrogens with one attached hydrogen (secondary N) is 1. The first-order chi connectivity index (χ1) is 14.0. The maximum atomic E-state index is 12.2. The van der Waals surface area contributed by atoms with Gasteiger partial charge in [-0.05, 0) is 36.8 Å². The van der Waals surface area contributed by atoms with E-state index >= 15 is 0 Å². The van der Waals surface area contributed by atoms with Crippen LogP contribution in [0.25, 0.3) is 0 Å². The lowest BCUT2D eigenvalue weighted by molar-refractivity contribution is -0.385. The first kappa shape index (κ1) is 23.1. The van der Waals surface area contributed by atoms with Gasteiger partial charge in [-0.15, -0.1) is 0 Å². The predicted octanol–water partition coefficient (Wildman–Crippen LogP) is 2.48. The lowest BCUT2D eigenvalue weighted by atomic mass is 10.2. The van der Waals surface area contributed by atoms with Gasteiger partial charge in [0, 0.05) is 16.7 Å². The highest BCUT2D eigenvalue weighted by molar-refractivity contribution is 7.92. The first-order valence-electron chi connectivity index (χ1n) is 8.41. The lowest BCUT2D eigenvalue weighted by Gasteiger charge is -2.23. The molecule has 0 heterocycles. The molecule has 0 radical (unpaired) electrons. The van der Waals surface area contributed by atoms with Crippen LogP contribution in [0, 0.1) is 17.0 Å². The molecular weight excluding hydrogens is 436 g/mol. The number of nitro groups is 1. The summed E-state index contributed by atoms with van der Waals surface area (Å²) in [6.07, 6.45) is 2.17. The van der Waals surface area contributed by atoms with E-state index in [0.717, 1.165) is 10.6 Å². The molecular formula is C18H19ClN4O6S. The predicted molar refractivity (Wildman–Crippen MR) is 114 cm³/mol. The molecule has 0 aliphatic carbocycles. The Morgan fingerprint density at radius 2 is 2.07 bits per heavy atom. The van der Waals surface area contributed by atoms with Crippen LogP contribution in [0.15, 0.2) is 41.5 Å². The van der Waals surface area contributed by atoms with Crippen LogP contribution in [-0.4, -0.2) is 45.4 Å². The molecule has 2 rings (SSSR count). The zero-order valence-electron chi connectivity index (χ0n) is 16.3. The fourth-order valence-electron chi connectivity index (χ4n) is 2.52. The number of anilines is 1. The normalized spacial score (nSPS) is 11.3. The van der Waals surface area contributed by atoms with E-state index in [4.69, 9.17) is 16.3 Å². The van der Waals surface area contributed by atoms with E-state index in [-0.39, 0.29) is 17.1 Å². The molecule has 1 amide bonds. The van der Waals surface area contributed by atoms with Crippen molar-refractivity contribution < 1.29 is 22.9 Å². The zero-order chi connectivity index (χ0) is 22.5. The highest BCUT2D eigenvalue weighted by Crippen LogP contribution is 2.28. The molecule has 0 aliphatic heterocycles. The molecule has 2 aromatic rings. The van der Waals surface area contributed by atoms with Crippen molar-refractivity contribution in [3.8, 4) is 5.75 Å². The number of ether oxygens (including phenoxy) is 1. The van der Waals surface area contributed by atoms with Gasteiger partial charge in [-0.2, -0.15) is 5.10 Å². The third kappa shape index (κ3) is 5.67. The van der Waals surface area contributed by atoms with Crippen molar-refractivity contribution in [2.75, 3.05) is 24.2 Å². The molecule has 0 unspecified atom stereocenters. The van der Waals surface area contributed by atoms with Crippen molar-refractivity contribution in [1.82, 2.24) is 5.43 Å². The molecule has 0 saturated heterocycles. The van der Waals surface area contributed by atoms with Crippen LogP contribution in [0.1, 0.15) is 11.1 Å². The number of carbonyl (C=O) groups is 1. The molecule has 160 valence electrons. The Labute approximate surface area is 178 Å². The Morgan fingerprint density at radius 1 is 1.37 bits per heavy atom. The Morgan fingerprint density at radius 3 is 2.67 bits per heavy atom. The van der Waals surface area contributed by atoms with Crippen LogP contribution in [-0.2, 0) is 14.8 Å². The smallest absolute Gasteiger partial charge is 0.311 e. The number of hydrogen-bond donors (Lipinski definition) is 1. The summed E-state index contributed by atoms with van der Waals surface area (Å²) in [7, 11) is -2.47. The molecule has 0 spiro atoms. The van der Waals surface area contributed by atoms with Gasteiger partial charge >= 0.3 is 5.69 Å². The number of methoxy groups -OCH3 is 1. The van der Waals surface area contributed by atoms with Gasteiger partial charge in [0.15, 0.2) is 5.75 Å². The number of hydrazone groups is 1. The number of carbonyl (C=O) groups excluding carboxylic acids is 1. The summed E-state index contributed by atoms with van der Waals surface area (Å²) < 4.78 is 30.2. The summed E-state index contributed by atoms with van der Waals surface area (Å²) in [4.78, 5) is 22.7. The Balaban J connectivity index is 2.16. The fourth-order valence-corrected chi connectivity index (χ4v) is 3.60. The number of hydrogen-bond acceptors (Lipinski definition) is 7. The van der Waals surface area contributed by atoms with Crippen LogP contribution < -0.4 is 14.5 Å². The lowest BCUT2D eigenvalue weighted by Crippen LogP contribution is -2.39. The first-order valence-corrected chi connectivity index (χ1v) is 10.6. The minimum Gasteiger partial charge on any atom is -0.490 e. The monoisotopic (exact) mass is 454 g/mol. The van der Waals surface area contributed by atoms with Crippen LogP contribution in [0.4, 0.5) is 11.4 Å². The van der Waals surface area contributed by atoms with E-state index in [9.17, 15) is 23.3 Å². The zero-order valence-corrected chi connectivity index (χ0v) is 17.9. The number of nitrogens with zero attached hydrogens (tertiary/aromatic N) is 3. The van der Waals surface area contributed by atoms with Gasteiger partial charge in [-0.3, -0.25) is 19.2 Å².